The lowest BCUT2D eigenvalue weighted by atomic mass is 10.2. The second kappa shape index (κ2) is 5.78. The Kier molecular flexibility index (Phi) is 5.88. The first-order valence-corrected chi connectivity index (χ1v) is 6.34. The van der Waals surface area contributed by atoms with Crippen molar-refractivity contribution in [1.82, 2.24) is 4.31 Å². The minimum atomic E-state index is -2.99. The van der Waals surface area contributed by atoms with Crippen LogP contribution in [0.2, 0.25) is 0 Å². The van der Waals surface area contributed by atoms with Gasteiger partial charge in [-0.15, -0.1) is 11.6 Å². The number of halogens is 1. The molecule has 0 unspecified atom stereocenters. The van der Waals surface area contributed by atoms with E-state index in [1.165, 1.54) is 10.6 Å². The van der Waals surface area contributed by atoms with Gasteiger partial charge in [-0.05, 0) is 12.8 Å². The van der Waals surface area contributed by atoms with Crippen LogP contribution in [-0.2, 0) is 10.0 Å². The van der Waals surface area contributed by atoms with E-state index >= 15 is 0 Å². The third kappa shape index (κ3) is 5.80. The highest BCUT2D eigenvalue weighted by Gasteiger charge is 2.08. The van der Waals surface area contributed by atoms with Crippen molar-refractivity contribution in [2.24, 2.45) is 0 Å². The molecule has 0 aliphatic heterocycles. The fourth-order valence-electron chi connectivity index (χ4n) is 0.772. The van der Waals surface area contributed by atoms with Gasteiger partial charge >= 0.3 is 0 Å². The van der Waals surface area contributed by atoms with Crippen molar-refractivity contribution >= 4 is 21.6 Å². The Hall–Kier alpha value is 0.200. The van der Waals surface area contributed by atoms with Crippen LogP contribution in [0.4, 0.5) is 0 Å². The van der Waals surface area contributed by atoms with Gasteiger partial charge in [-0.2, -0.15) is 0 Å². The zero-order valence-electron chi connectivity index (χ0n) is 7.59. The van der Waals surface area contributed by atoms with Crippen molar-refractivity contribution in [3.63, 3.8) is 0 Å². The van der Waals surface area contributed by atoms with Crippen molar-refractivity contribution in [3.8, 4) is 0 Å². The van der Waals surface area contributed by atoms with E-state index in [1.807, 2.05) is 0 Å². The molecule has 74 valence electrons. The monoisotopic (exact) mass is 213 g/mol. The summed E-state index contributed by atoms with van der Waals surface area (Å²) in [4.78, 5) is 0. The van der Waals surface area contributed by atoms with E-state index in [2.05, 4.69) is 0 Å². The molecule has 0 heterocycles. The zero-order valence-corrected chi connectivity index (χ0v) is 9.16. The largest absolute Gasteiger partial charge is 0.213 e. The number of hydrogen-bond acceptors (Lipinski definition) is 2. The van der Waals surface area contributed by atoms with Gasteiger partial charge in [-0.1, -0.05) is 6.42 Å². The van der Waals surface area contributed by atoms with Crippen molar-refractivity contribution in [2.75, 3.05) is 25.7 Å². The number of unbranched alkanes of at least 4 members (excludes halogenated alkanes) is 2. The van der Waals surface area contributed by atoms with Gasteiger partial charge in [0.2, 0.25) is 10.0 Å². The molecule has 3 nitrogen and oxygen atoms in total. The molecule has 0 fully saturated rings. The Morgan fingerprint density at radius 1 is 1.25 bits per heavy atom. The summed E-state index contributed by atoms with van der Waals surface area (Å²) in [5.41, 5.74) is 0. The molecule has 5 heteroatoms. The molecule has 0 aliphatic rings. The Balaban J connectivity index is 3.52. The summed E-state index contributed by atoms with van der Waals surface area (Å²) in [6.45, 7) is 0.593. The fourth-order valence-corrected chi connectivity index (χ4v) is 1.42. The van der Waals surface area contributed by atoms with Crippen LogP contribution in [0.15, 0.2) is 0 Å². The highest BCUT2D eigenvalue weighted by molar-refractivity contribution is 7.88. The number of rotatable bonds is 6. The quantitative estimate of drug-likeness (QED) is 0.493. The SMILES string of the molecule is CN(CCCCCCl)S(C)(=O)=O. The fraction of sp³-hybridized carbons (Fsp3) is 1.00. The van der Waals surface area contributed by atoms with Gasteiger partial charge in [0.15, 0.2) is 0 Å². The van der Waals surface area contributed by atoms with E-state index < -0.39 is 10.0 Å². The molecule has 0 amide bonds. The average Bonchev–Trinajstić information content (AvgIpc) is 1.96. The number of hydrogen-bond donors (Lipinski definition) is 0. The third-order valence-electron chi connectivity index (χ3n) is 1.67. The van der Waals surface area contributed by atoms with Crippen molar-refractivity contribution < 1.29 is 8.42 Å². The summed E-state index contributed by atoms with van der Waals surface area (Å²) >= 11 is 5.47. The molecule has 0 saturated heterocycles. The smallest absolute Gasteiger partial charge is 0.210 e. The Morgan fingerprint density at radius 3 is 2.25 bits per heavy atom. The molecule has 0 spiro atoms. The molecular formula is C7H16ClNO2S. The summed E-state index contributed by atoms with van der Waals surface area (Å²) in [7, 11) is -1.40. The summed E-state index contributed by atoms with van der Waals surface area (Å²) in [6.07, 6.45) is 4.05. The van der Waals surface area contributed by atoms with Crippen molar-refractivity contribution in [1.29, 1.82) is 0 Å². The lowest BCUT2D eigenvalue weighted by Gasteiger charge is -2.12. The van der Waals surface area contributed by atoms with Crippen LogP contribution in [0, 0.1) is 0 Å². The molecule has 0 aromatic carbocycles. The normalized spacial score (nSPS) is 12.3. The van der Waals surface area contributed by atoms with Crippen LogP contribution < -0.4 is 0 Å². The predicted octanol–water partition coefficient (Wildman–Crippen LogP) is 1.29. The van der Waals surface area contributed by atoms with Gasteiger partial charge in [0, 0.05) is 19.5 Å². The lowest BCUT2D eigenvalue weighted by molar-refractivity contribution is 0.459. The molecule has 0 saturated carbocycles. The van der Waals surface area contributed by atoms with Crippen molar-refractivity contribution in [2.45, 2.75) is 19.3 Å². The molecule has 0 aromatic rings. The van der Waals surface area contributed by atoms with E-state index in [-0.39, 0.29) is 0 Å². The minimum Gasteiger partial charge on any atom is -0.213 e. The molecule has 0 bridgehead atoms. The summed E-state index contributed by atoms with van der Waals surface area (Å²) < 4.78 is 23.2. The maximum atomic E-state index is 10.9. The predicted molar refractivity (Wildman–Crippen MR) is 52.0 cm³/mol. The first-order chi connectivity index (χ1) is 5.48. The van der Waals surface area contributed by atoms with E-state index in [4.69, 9.17) is 11.6 Å². The topological polar surface area (TPSA) is 37.4 Å². The summed E-state index contributed by atoms with van der Waals surface area (Å²) in [6, 6.07) is 0. The maximum Gasteiger partial charge on any atom is 0.210 e. The Labute approximate surface area is 79.8 Å². The molecule has 0 radical (unpaired) electrons. The number of alkyl halides is 1. The third-order valence-corrected chi connectivity index (χ3v) is 3.25. The number of nitrogens with zero attached hydrogens (tertiary/aromatic N) is 1. The highest BCUT2D eigenvalue weighted by Crippen LogP contribution is 2.01. The van der Waals surface area contributed by atoms with Crippen LogP contribution in [-0.4, -0.2) is 38.5 Å². The molecule has 0 atom stereocenters. The number of sulfonamides is 1. The molecule has 12 heavy (non-hydrogen) atoms. The second-order valence-electron chi connectivity index (χ2n) is 2.83. The van der Waals surface area contributed by atoms with Gasteiger partial charge in [0.05, 0.1) is 6.26 Å². The second-order valence-corrected chi connectivity index (χ2v) is 5.30. The first-order valence-electron chi connectivity index (χ1n) is 3.95. The summed E-state index contributed by atoms with van der Waals surface area (Å²) in [5, 5.41) is 0. The molecule has 0 rings (SSSR count). The Morgan fingerprint density at radius 2 is 1.83 bits per heavy atom. The van der Waals surface area contributed by atoms with Crippen LogP contribution >= 0.6 is 11.6 Å². The van der Waals surface area contributed by atoms with Crippen LogP contribution in [0.5, 0.6) is 0 Å². The van der Waals surface area contributed by atoms with Gasteiger partial charge in [0.25, 0.3) is 0 Å². The van der Waals surface area contributed by atoms with E-state index in [9.17, 15) is 8.42 Å². The zero-order chi connectivity index (χ0) is 9.61. The van der Waals surface area contributed by atoms with Gasteiger partial charge < -0.3 is 0 Å². The van der Waals surface area contributed by atoms with E-state index in [1.54, 1.807) is 7.05 Å². The molecule has 0 aliphatic carbocycles. The van der Waals surface area contributed by atoms with Crippen LogP contribution in [0.3, 0.4) is 0 Å². The molecule has 0 aromatic heterocycles. The summed E-state index contributed by atoms with van der Waals surface area (Å²) in [5.74, 6) is 0.655. The van der Waals surface area contributed by atoms with Crippen LogP contribution in [0.25, 0.3) is 0 Å². The minimum absolute atomic E-state index is 0.593. The van der Waals surface area contributed by atoms with Gasteiger partial charge in [-0.25, -0.2) is 12.7 Å². The highest BCUT2D eigenvalue weighted by atomic mass is 35.5. The molecular weight excluding hydrogens is 198 g/mol. The lowest BCUT2D eigenvalue weighted by Crippen LogP contribution is -2.26. The Bertz CT molecular complexity index is 203. The van der Waals surface area contributed by atoms with E-state index in [0.29, 0.717) is 12.4 Å². The van der Waals surface area contributed by atoms with Crippen molar-refractivity contribution in [3.05, 3.63) is 0 Å². The van der Waals surface area contributed by atoms with Crippen LogP contribution in [0.1, 0.15) is 19.3 Å². The first kappa shape index (κ1) is 12.2. The van der Waals surface area contributed by atoms with Gasteiger partial charge in [-0.3, -0.25) is 0 Å². The molecule has 0 N–H and O–H groups in total. The van der Waals surface area contributed by atoms with Gasteiger partial charge in [0.1, 0.15) is 0 Å². The average molecular weight is 214 g/mol. The maximum absolute atomic E-state index is 10.9. The standard InChI is InChI=1S/C7H16ClNO2S/c1-9(12(2,10)11)7-5-3-4-6-8/h3-7H2,1-2H3. The van der Waals surface area contributed by atoms with E-state index in [0.717, 1.165) is 19.3 Å².